The molecule has 0 unspecified atom stereocenters. The third-order valence-corrected chi connectivity index (χ3v) is 5.96. The Bertz CT molecular complexity index is 1070. The normalized spacial score (nSPS) is 10.3. The number of benzene rings is 2. The van der Waals surface area contributed by atoms with Crippen molar-refractivity contribution in [3.8, 4) is 17.2 Å². The Kier molecular flexibility index (Phi) is 7.68. The number of nitrogens with one attached hydrogen (secondary N) is 2. The van der Waals surface area contributed by atoms with Crippen molar-refractivity contribution >= 4 is 45.7 Å². The van der Waals surface area contributed by atoms with Crippen LogP contribution in [0.1, 0.15) is 10.4 Å². The fraction of sp³-hybridized carbons (Fsp3) is 0.200. The Morgan fingerprint density at radius 2 is 1.74 bits per heavy atom. The lowest BCUT2D eigenvalue weighted by Crippen LogP contribution is -2.14. The molecule has 0 aliphatic rings. The maximum Gasteiger partial charge on any atom is 0.261 e. The summed E-state index contributed by atoms with van der Waals surface area (Å²) < 4.78 is 16.2. The highest BCUT2D eigenvalue weighted by molar-refractivity contribution is 8.01. The van der Waals surface area contributed by atoms with Gasteiger partial charge in [0.2, 0.25) is 11.0 Å². The average Bonchev–Trinajstić information content (AvgIpc) is 3.24. The molecule has 11 heteroatoms. The van der Waals surface area contributed by atoms with E-state index < -0.39 is 0 Å². The van der Waals surface area contributed by atoms with E-state index in [4.69, 9.17) is 14.2 Å². The van der Waals surface area contributed by atoms with Crippen LogP contribution in [0.15, 0.2) is 46.8 Å². The number of hydrogen-bond donors (Lipinski definition) is 2. The summed E-state index contributed by atoms with van der Waals surface area (Å²) in [5, 5.41) is 13.8. The van der Waals surface area contributed by atoms with Crippen molar-refractivity contribution in [3.63, 3.8) is 0 Å². The maximum absolute atomic E-state index is 12.6. The van der Waals surface area contributed by atoms with E-state index >= 15 is 0 Å². The standard InChI is InChI=1S/C20H20N4O5S2/c1-27-12-8-9-13(16(10-12)29-3)18(26)22-19-23-24-20(31-19)30-11-17(25)21-14-6-4-5-7-15(14)28-2/h4-10H,11H2,1-3H3,(H,21,25)(H,22,23,26). The largest absolute Gasteiger partial charge is 0.497 e. The summed E-state index contributed by atoms with van der Waals surface area (Å²) in [6, 6.07) is 12.0. The Labute approximate surface area is 187 Å². The summed E-state index contributed by atoms with van der Waals surface area (Å²) >= 11 is 2.39. The molecule has 0 fully saturated rings. The minimum absolute atomic E-state index is 0.132. The number of thioether (sulfide) groups is 1. The molecular weight excluding hydrogens is 440 g/mol. The van der Waals surface area contributed by atoms with E-state index in [0.29, 0.717) is 38.0 Å². The minimum Gasteiger partial charge on any atom is -0.497 e. The molecule has 2 aromatic carbocycles. The van der Waals surface area contributed by atoms with Gasteiger partial charge in [0.05, 0.1) is 38.3 Å². The Morgan fingerprint density at radius 3 is 2.48 bits per heavy atom. The van der Waals surface area contributed by atoms with E-state index in [1.54, 1.807) is 37.4 Å². The molecular formula is C20H20N4O5S2. The van der Waals surface area contributed by atoms with Gasteiger partial charge >= 0.3 is 0 Å². The number of aromatic nitrogens is 2. The topological polar surface area (TPSA) is 112 Å². The number of carbonyl (C=O) groups is 2. The van der Waals surface area contributed by atoms with Crippen molar-refractivity contribution in [3.05, 3.63) is 48.0 Å². The summed E-state index contributed by atoms with van der Waals surface area (Å²) in [5.74, 6) is 1.07. The number of ether oxygens (including phenoxy) is 3. The van der Waals surface area contributed by atoms with Crippen LogP contribution in [0.3, 0.4) is 0 Å². The second-order valence-corrected chi connectivity index (χ2v) is 8.13. The molecule has 3 rings (SSSR count). The first-order valence-electron chi connectivity index (χ1n) is 8.96. The van der Waals surface area contributed by atoms with Gasteiger partial charge in [-0.25, -0.2) is 0 Å². The number of hydrogen-bond acceptors (Lipinski definition) is 9. The van der Waals surface area contributed by atoms with Crippen LogP contribution in [-0.4, -0.2) is 49.1 Å². The van der Waals surface area contributed by atoms with Crippen molar-refractivity contribution in [1.82, 2.24) is 10.2 Å². The number of rotatable bonds is 9. The molecule has 2 N–H and O–H groups in total. The summed E-state index contributed by atoms with van der Waals surface area (Å²) in [7, 11) is 4.55. The summed E-state index contributed by atoms with van der Waals surface area (Å²) in [6.45, 7) is 0. The van der Waals surface area contributed by atoms with Gasteiger partial charge < -0.3 is 19.5 Å². The van der Waals surface area contributed by atoms with Crippen LogP contribution in [0.5, 0.6) is 17.2 Å². The maximum atomic E-state index is 12.6. The van der Waals surface area contributed by atoms with Crippen LogP contribution >= 0.6 is 23.1 Å². The van der Waals surface area contributed by atoms with Gasteiger partial charge in [-0.05, 0) is 24.3 Å². The van der Waals surface area contributed by atoms with Crippen LogP contribution in [-0.2, 0) is 4.79 Å². The van der Waals surface area contributed by atoms with E-state index in [2.05, 4.69) is 20.8 Å². The lowest BCUT2D eigenvalue weighted by molar-refractivity contribution is -0.113. The molecule has 0 atom stereocenters. The number of carbonyl (C=O) groups excluding carboxylic acids is 2. The van der Waals surface area contributed by atoms with Crippen molar-refractivity contribution in [1.29, 1.82) is 0 Å². The fourth-order valence-electron chi connectivity index (χ4n) is 2.53. The number of para-hydroxylation sites is 2. The first-order valence-corrected chi connectivity index (χ1v) is 10.8. The van der Waals surface area contributed by atoms with Gasteiger partial charge in [0.25, 0.3) is 5.91 Å². The van der Waals surface area contributed by atoms with Gasteiger partial charge in [0, 0.05) is 6.07 Å². The number of amides is 2. The molecule has 9 nitrogen and oxygen atoms in total. The van der Waals surface area contributed by atoms with Crippen LogP contribution < -0.4 is 24.8 Å². The quantitative estimate of drug-likeness (QED) is 0.368. The van der Waals surface area contributed by atoms with Crippen molar-refractivity contribution in [2.75, 3.05) is 37.7 Å². The predicted octanol–water partition coefficient (Wildman–Crippen LogP) is 3.55. The molecule has 162 valence electrons. The minimum atomic E-state index is -0.388. The molecule has 0 saturated heterocycles. The summed E-state index contributed by atoms with van der Waals surface area (Å²) in [5.41, 5.74) is 0.929. The second kappa shape index (κ2) is 10.6. The summed E-state index contributed by atoms with van der Waals surface area (Å²) in [6.07, 6.45) is 0. The van der Waals surface area contributed by atoms with Gasteiger partial charge in [0.1, 0.15) is 17.2 Å². The fourth-order valence-corrected chi connectivity index (χ4v) is 4.08. The molecule has 0 aliphatic heterocycles. The van der Waals surface area contributed by atoms with E-state index in [9.17, 15) is 9.59 Å². The monoisotopic (exact) mass is 460 g/mol. The Balaban J connectivity index is 1.57. The first kappa shape index (κ1) is 22.4. The van der Waals surface area contributed by atoms with Gasteiger partial charge in [-0.15, -0.1) is 10.2 Å². The molecule has 31 heavy (non-hydrogen) atoms. The highest BCUT2D eigenvalue weighted by atomic mass is 32.2. The Morgan fingerprint density at radius 1 is 0.968 bits per heavy atom. The van der Waals surface area contributed by atoms with Crippen molar-refractivity contribution < 1.29 is 23.8 Å². The highest BCUT2D eigenvalue weighted by Gasteiger charge is 2.16. The SMILES string of the molecule is COc1ccc(C(=O)Nc2nnc(SCC(=O)Nc3ccccc3OC)s2)c(OC)c1. The number of nitrogens with zero attached hydrogens (tertiary/aromatic N) is 2. The Hall–Kier alpha value is -3.31. The second-order valence-electron chi connectivity index (χ2n) is 5.93. The van der Waals surface area contributed by atoms with Gasteiger partial charge in [-0.3, -0.25) is 14.9 Å². The molecule has 0 bridgehead atoms. The smallest absolute Gasteiger partial charge is 0.261 e. The van der Waals surface area contributed by atoms with Crippen molar-refractivity contribution in [2.24, 2.45) is 0 Å². The lowest BCUT2D eigenvalue weighted by atomic mass is 10.2. The molecule has 0 aliphatic carbocycles. The van der Waals surface area contributed by atoms with Gasteiger partial charge in [0.15, 0.2) is 4.34 Å². The van der Waals surface area contributed by atoms with Crippen LogP contribution in [0.25, 0.3) is 0 Å². The molecule has 2 amide bonds. The van der Waals surface area contributed by atoms with E-state index in [1.165, 1.54) is 37.3 Å². The summed E-state index contributed by atoms with van der Waals surface area (Å²) in [4.78, 5) is 24.8. The molecule has 1 aromatic heterocycles. The van der Waals surface area contributed by atoms with E-state index in [1.807, 2.05) is 12.1 Å². The van der Waals surface area contributed by atoms with E-state index in [0.717, 1.165) is 0 Å². The molecule has 0 radical (unpaired) electrons. The zero-order valence-corrected chi connectivity index (χ0v) is 18.6. The first-order chi connectivity index (χ1) is 15.0. The van der Waals surface area contributed by atoms with Gasteiger partial charge in [-0.2, -0.15) is 0 Å². The van der Waals surface area contributed by atoms with Gasteiger partial charge in [-0.1, -0.05) is 35.2 Å². The predicted molar refractivity (Wildman–Crippen MR) is 120 cm³/mol. The third-order valence-electron chi connectivity index (χ3n) is 3.99. The molecule has 1 heterocycles. The molecule has 0 spiro atoms. The number of anilines is 2. The highest BCUT2D eigenvalue weighted by Crippen LogP contribution is 2.29. The van der Waals surface area contributed by atoms with Crippen LogP contribution in [0.4, 0.5) is 10.8 Å². The lowest BCUT2D eigenvalue weighted by Gasteiger charge is -2.09. The van der Waals surface area contributed by atoms with Crippen molar-refractivity contribution in [2.45, 2.75) is 4.34 Å². The van der Waals surface area contributed by atoms with Crippen LogP contribution in [0.2, 0.25) is 0 Å². The number of methoxy groups -OCH3 is 3. The van der Waals surface area contributed by atoms with E-state index in [-0.39, 0.29) is 17.6 Å². The molecule has 3 aromatic rings. The van der Waals surface area contributed by atoms with Crippen LogP contribution in [0, 0.1) is 0 Å². The molecule has 0 saturated carbocycles. The average molecular weight is 461 g/mol. The third kappa shape index (κ3) is 5.86. The zero-order chi connectivity index (χ0) is 22.2. The zero-order valence-electron chi connectivity index (χ0n) is 17.0.